The molecule has 2 amide bonds. The molecule has 3 aromatic carbocycles. The number of fused-ring (bicyclic) bond motifs is 1. The van der Waals surface area contributed by atoms with Gasteiger partial charge in [-0.1, -0.05) is 42.5 Å². The van der Waals surface area contributed by atoms with Gasteiger partial charge in [0.15, 0.2) is 0 Å². The molecule has 10 nitrogen and oxygen atoms in total. The van der Waals surface area contributed by atoms with Crippen LogP contribution < -0.4 is 21.7 Å². The Balaban J connectivity index is 1.35. The summed E-state index contributed by atoms with van der Waals surface area (Å²) in [5.74, 6) is -0.101. The van der Waals surface area contributed by atoms with Crippen LogP contribution in [0.15, 0.2) is 116 Å². The van der Waals surface area contributed by atoms with Crippen LogP contribution in [0.5, 0.6) is 0 Å². The van der Waals surface area contributed by atoms with Crippen LogP contribution in [0.3, 0.4) is 0 Å². The van der Waals surface area contributed by atoms with E-state index in [0.717, 1.165) is 16.6 Å². The Morgan fingerprint density at radius 1 is 0.786 bits per heavy atom. The Bertz CT molecular complexity index is 1900. The molecule has 3 aromatic heterocycles. The molecule has 5 N–H and O–H groups in total. The zero-order valence-corrected chi connectivity index (χ0v) is 22.4. The molecule has 6 rings (SSSR count). The van der Waals surface area contributed by atoms with Crippen LogP contribution in [-0.4, -0.2) is 37.9 Å². The van der Waals surface area contributed by atoms with Crippen molar-refractivity contribution in [3.63, 3.8) is 0 Å². The van der Waals surface area contributed by atoms with Crippen molar-refractivity contribution < 1.29 is 9.59 Å². The second-order valence-corrected chi connectivity index (χ2v) is 9.38. The predicted octanol–water partition coefficient (Wildman–Crippen LogP) is 5.35. The van der Waals surface area contributed by atoms with Crippen molar-refractivity contribution in [2.45, 2.75) is 0 Å². The number of amides is 2. The van der Waals surface area contributed by atoms with Gasteiger partial charge in [0.2, 0.25) is 11.9 Å². The van der Waals surface area contributed by atoms with Gasteiger partial charge in [-0.25, -0.2) is 14.5 Å². The van der Waals surface area contributed by atoms with Crippen molar-refractivity contribution >= 4 is 40.3 Å². The standard InChI is InChI=1S/C32H26N8O2/c33-20-28(41)35-24-12-7-13-25(19-24)37-32-34-16-15-26(38-32)29-27-14-4-5-17-40(27)39-30(29)22-10-6-11-23(18-22)36-31(42)21-8-2-1-3-9-21/h1-19H,20,33H2,(H,35,41)(H,36,42)(H,34,37,38). The smallest absolute Gasteiger partial charge is 0.255 e. The highest BCUT2D eigenvalue weighted by Gasteiger charge is 2.19. The van der Waals surface area contributed by atoms with Crippen molar-refractivity contribution in [2.75, 3.05) is 22.5 Å². The molecule has 0 unspecified atom stereocenters. The first-order valence-electron chi connectivity index (χ1n) is 13.2. The van der Waals surface area contributed by atoms with Crippen LogP contribution in [0.1, 0.15) is 10.4 Å². The molecule has 0 fully saturated rings. The van der Waals surface area contributed by atoms with Gasteiger partial charge in [-0.3, -0.25) is 9.59 Å². The van der Waals surface area contributed by atoms with Gasteiger partial charge in [0, 0.05) is 40.6 Å². The molecule has 0 aliphatic carbocycles. The number of carbonyl (C=O) groups excluding carboxylic acids is 2. The number of benzene rings is 3. The summed E-state index contributed by atoms with van der Waals surface area (Å²) in [6, 6.07) is 31.5. The molecular formula is C32H26N8O2. The van der Waals surface area contributed by atoms with E-state index in [1.807, 2.05) is 85.1 Å². The fourth-order valence-electron chi connectivity index (χ4n) is 4.56. The lowest BCUT2D eigenvalue weighted by atomic mass is 10.0. The summed E-state index contributed by atoms with van der Waals surface area (Å²) in [5, 5.41) is 13.8. The van der Waals surface area contributed by atoms with E-state index in [9.17, 15) is 9.59 Å². The van der Waals surface area contributed by atoms with Crippen molar-refractivity contribution in [3.8, 4) is 22.5 Å². The summed E-state index contributed by atoms with van der Waals surface area (Å²) in [6.45, 7) is -0.104. The normalized spacial score (nSPS) is 10.8. The number of anilines is 4. The lowest BCUT2D eigenvalue weighted by Crippen LogP contribution is -2.21. The monoisotopic (exact) mass is 554 g/mol. The highest BCUT2D eigenvalue weighted by molar-refractivity contribution is 6.04. The van der Waals surface area contributed by atoms with Crippen LogP contribution in [0.2, 0.25) is 0 Å². The first-order valence-corrected chi connectivity index (χ1v) is 13.2. The van der Waals surface area contributed by atoms with Gasteiger partial charge in [-0.15, -0.1) is 0 Å². The summed E-state index contributed by atoms with van der Waals surface area (Å²) in [7, 11) is 0. The third-order valence-corrected chi connectivity index (χ3v) is 6.47. The number of aromatic nitrogens is 4. The average molecular weight is 555 g/mol. The van der Waals surface area contributed by atoms with Gasteiger partial charge >= 0.3 is 0 Å². The fourth-order valence-corrected chi connectivity index (χ4v) is 4.56. The van der Waals surface area contributed by atoms with Crippen molar-refractivity contribution in [1.29, 1.82) is 0 Å². The predicted molar refractivity (Wildman–Crippen MR) is 163 cm³/mol. The maximum Gasteiger partial charge on any atom is 0.255 e. The Morgan fingerprint density at radius 3 is 2.38 bits per heavy atom. The number of hydrogen-bond donors (Lipinski definition) is 4. The summed E-state index contributed by atoms with van der Waals surface area (Å²) in [6.07, 6.45) is 3.56. The second-order valence-electron chi connectivity index (χ2n) is 9.38. The molecule has 0 aliphatic rings. The minimum atomic E-state index is -0.283. The van der Waals surface area contributed by atoms with Crippen LogP contribution in [0.25, 0.3) is 28.0 Å². The van der Waals surface area contributed by atoms with Gasteiger partial charge in [0.1, 0.15) is 5.69 Å². The molecule has 0 aliphatic heterocycles. The maximum atomic E-state index is 12.8. The molecule has 42 heavy (non-hydrogen) atoms. The highest BCUT2D eigenvalue weighted by Crippen LogP contribution is 2.35. The minimum absolute atomic E-state index is 0.104. The van der Waals surface area contributed by atoms with E-state index in [-0.39, 0.29) is 18.4 Å². The zero-order valence-electron chi connectivity index (χ0n) is 22.4. The van der Waals surface area contributed by atoms with Gasteiger partial charge in [-0.2, -0.15) is 5.10 Å². The molecule has 0 atom stereocenters. The second kappa shape index (κ2) is 11.7. The third-order valence-electron chi connectivity index (χ3n) is 6.47. The van der Waals surface area contributed by atoms with Crippen molar-refractivity contribution in [2.24, 2.45) is 5.73 Å². The number of nitrogens with two attached hydrogens (primary N) is 1. The number of hydrogen-bond acceptors (Lipinski definition) is 7. The van der Waals surface area contributed by atoms with E-state index >= 15 is 0 Å². The molecular weight excluding hydrogens is 528 g/mol. The van der Waals surface area contributed by atoms with E-state index in [0.29, 0.717) is 40.0 Å². The van der Waals surface area contributed by atoms with Crippen LogP contribution in [0, 0.1) is 0 Å². The summed E-state index contributed by atoms with van der Waals surface area (Å²) < 4.78 is 1.80. The Labute approximate surface area is 241 Å². The molecule has 0 radical (unpaired) electrons. The van der Waals surface area contributed by atoms with Crippen LogP contribution in [0.4, 0.5) is 23.0 Å². The summed E-state index contributed by atoms with van der Waals surface area (Å²) >= 11 is 0. The minimum Gasteiger partial charge on any atom is -0.325 e. The molecule has 10 heteroatoms. The van der Waals surface area contributed by atoms with E-state index in [4.69, 9.17) is 15.8 Å². The number of carbonyl (C=O) groups is 2. The van der Waals surface area contributed by atoms with Crippen molar-refractivity contribution in [3.05, 3.63) is 121 Å². The number of nitrogens with one attached hydrogen (secondary N) is 3. The summed E-state index contributed by atoms with van der Waals surface area (Å²) in [4.78, 5) is 33.7. The van der Waals surface area contributed by atoms with Crippen LogP contribution in [-0.2, 0) is 4.79 Å². The maximum absolute atomic E-state index is 12.8. The number of pyridine rings is 1. The van der Waals surface area contributed by atoms with Crippen molar-refractivity contribution in [1.82, 2.24) is 19.6 Å². The fraction of sp³-hybridized carbons (Fsp3) is 0.0312. The van der Waals surface area contributed by atoms with E-state index < -0.39 is 0 Å². The highest BCUT2D eigenvalue weighted by atomic mass is 16.2. The number of nitrogens with zero attached hydrogens (tertiary/aromatic N) is 4. The Morgan fingerprint density at radius 2 is 1.55 bits per heavy atom. The molecule has 6 aromatic rings. The molecule has 0 saturated heterocycles. The zero-order chi connectivity index (χ0) is 28.9. The molecule has 0 spiro atoms. The molecule has 3 heterocycles. The van der Waals surface area contributed by atoms with Crippen LogP contribution >= 0.6 is 0 Å². The average Bonchev–Trinajstić information content (AvgIpc) is 3.42. The van der Waals surface area contributed by atoms with E-state index in [1.165, 1.54) is 0 Å². The van der Waals surface area contributed by atoms with Gasteiger partial charge in [0.05, 0.1) is 23.3 Å². The largest absolute Gasteiger partial charge is 0.325 e. The van der Waals surface area contributed by atoms with E-state index in [1.54, 1.807) is 35.0 Å². The molecule has 206 valence electrons. The molecule has 0 bridgehead atoms. The Kier molecular flexibility index (Phi) is 7.35. The quantitative estimate of drug-likeness (QED) is 0.199. The van der Waals surface area contributed by atoms with Gasteiger partial charge < -0.3 is 21.7 Å². The first-order chi connectivity index (χ1) is 20.6. The van der Waals surface area contributed by atoms with E-state index in [2.05, 4.69) is 20.9 Å². The lowest BCUT2D eigenvalue weighted by molar-refractivity contribution is -0.114. The third kappa shape index (κ3) is 5.69. The summed E-state index contributed by atoms with van der Waals surface area (Å²) in [5.41, 5.74) is 11.8. The topological polar surface area (TPSA) is 139 Å². The van der Waals surface area contributed by atoms with Gasteiger partial charge in [-0.05, 0) is 60.7 Å². The Hall–Kier alpha value is -5.87. The van der Waals surface area contributed by atoms with Gasteiger partial charge in [0.25, 0.3) is 5.91 Å². The first kappa shape index (κ1) is 26.4. The molecule has 0 saturated carbocycles. The number of rotatable bonds is 8. The lowest BCUT2D eigenvalue weighted by Gasteiger charge is -2.10. The SMILES string of the molecule is NCC(=O)Nc1cccc(Nc2nccc(-c3c(-c4cccc(NC(=O)c5ccccc5)c4)nn4ccccc34)n2)c1.